The molecule has 0 radical (unpaired) electrons. The Morgan fingerprint density at radius 3 is 2.62 bits per heavy atom. The SMILES string of the molecule is COCc1ccccc1CNc1ccc(I)cc1[N+](=O)[O-]. The predicted octanol–water partition coefficient (Wildman–Crippen LogP) is 3.96. The number of nitro groups is 1. The largest absolute Gasteiger partial charge is 0.380 e. The molecule has 0 saturated heterocycles. The molecule has 0 spiro atoms. The van der Waals surface area contributed by atoms with Gasteiger partial charge in [-0.15, -0.1) is 0 Å². The second kappa shape index (κ2) is 7.37. The van der Waals surface area contributed by atoms with Crippen LogP contribution < -0.4 is 5.32 Å². The van der Waals surface area contributed by atoms with Crippen molar-refractivity contribution < 1.29 is 9.66 Å². The first kappa shape index (κ1) is 15.7. The number of halogens is 1. The van der Waals surface area contributed by atoms with E-state index < -0.39 is 0 Å². The Morgan fingerprint density at radius 2 is 1.95 bits per heavy atom. The van der Waals surface area contributed by atoms with E-state index in [9.17, 15) is 10.1 Å². The summed E-state index contributed by atoms with van der Waals surface area (Å²) in [5.41, 5.74) is 2.74. The van der Waals surface area contributed by atoms with Crippen molar-refractivity contribution in [1.29, 1.82) is 0 Å². The van der Waals surface area contributed by atoms with E-state index in [1.54, 1.807) is 19.2 Å². The highest BCUT2D eigenvalue weighted by Crippen LogP contribution is 2.27. The summed E-state index contributed by atoms with van der Waals surface area (Å²) in [6.07, 6.45) is 0. The highest BCUT2D eigenvalue weighted by Gasteiger charge is 2.14. The Bertz CT molecular complexity index is 647. The number of anilines is 1. The summed E-state index contributed by atoms with van der Waals surface area (Å²) in [7, 11) is 1.65. The van der Waals surface area contributed by atoms with Crippen LogP contribution in [0.15, 0.2) is 42.5 Å². The summed E-state index contributed by atoms with van der Waals surface area (Å²) in [6, 6.07) is 13.0. The number of methoxy groups -OCH3 is 1. The first-order valence-corrected chi connectivity index (χ1v) is 7.43. The van der Waals surface area contributed by atoms with E-state index >= 15 is 0 Å². The van der Waals surface area contributed by atoms with E-state index in [1.807, 2.05) is 30.3 Å². The minimum atomic E-state index is -0.369. The Hall–Kier alpha value is -1.67. The molecule has 2 aromatic carbocycles. The van der Waals surface area contributed by atoms with Crippen LogP contribution in [0.3, 0.4) is 0 Å². The molecule has 0 saturated carbocycles. The number of nitro benzene ring substituents is 1. The van der Waals surface area contributed by atoms with Gasteiger partial charge in [-0.1, -0.05) is 24.3 Å². The van der Waals surface area contributed by atoms with Gasteiger partial charge in [-0.2, -0.15) is 0 Å². The summed E-state index contributed by atoms with van der Waals surface area (Å²) < 4.78 is 6.00. The molecule has 0 atom stereocenters. The van der Waals surface area contributed by atoms with Gasteiger partial charge < -0.3 is 10.1 Å². The van der Waals surface area contributed by atoms with Crippen LogP contribution in [0.2, 0.25) is 0 Å². The fraction of sp³-hybridized carbons (Fsp3) is 0.200. The maximum atomic E-state index is 11.1. The second-order valence-electron chi connectivity index (χ2n) is 4.47. The van der Waals surface area contributed by atoms with Crippen LogP contribution in [0.5, 0.6) is 0 Å². The third kappa shape index (κ3) is 4.15. The van der Waals surface area contributed by atoms with Crippen molar-refractivity contribution in [2.45, 2.75) is 13.2 Å². The molecule has 0 aliphatic rings. The number of rotatable bonds is 6. The summed E-state index contributed by atoms with van der Waals surface area (Å²) >= 11 is 2.06. The highest BCUT2D eigenvalue weighted by atomic mass is 127. The molecule has 0 aliphatic carbocycles. The normalized spacial score (nSPS) is 10.4. The second-order valence-corrected chi connectivity index (χ2v) is 5.72. The highest BCUT2D eigenvalue weighted by molar-refractivity contribution is 14.1. The number of hydrogen-bond donors (Lipinski definition) is 1. The van der Waals surface area contributed by atoms with Gasteiger partial charge in [0, 0.05) is 23.3 Å². The minimum absolute atomic E-state index is 0.0890. The molecule has 21 heavy (non-hydrogen) atoms. The van der Waals surface area contributed by atoms with Crippen LogP contribution in [-0.4, -0.2) is 12.0 Å². The van der Waals surface area contributed by atoms with Crippen molar-refractivity contribution >= 4 is 34.0 Å². The molecule has 110 valence electrons. The van der Waals surface area contributed by atoms with E-state index in [-0.39, 0.29) is 10.6 Å². The van der Waals surface area contributed by atoms with Gasteiger partial charge in [0.25, 0.3) is 5.69 Å². The van der Waals surface area contributed by atoms with Gasteiger partial charge in [-0.25, -0.2) is 0 Å². The van der Waals surface area contributed by atoms with Crippen LogP contribution >= 0.6 is 22.6 Å². The van der Waals surface area contributed by atoms with Crippen molar-refractivity contribution in [3.05, 3.63) is 67.3 Å². The maximum absolute atomic E-state index is 11.1. The zero-order valence-corrected chi connectivity index (χ0v) is 13.7. The third-order valence-electron chi connectivity index (χ3n) is 3.04. The van der Waals surface area contributed by atoms with E-state index in [0.29, 0.717) is 18.8 Å². The van der Waals surface area contributed by atoms with Gasteiger partial charge in [0.05, 0.1) is 11.5 Å². The summed E-state index contributed by atoms with van der Waals surface area (Å²) in [6.45, 7) is 1.04. The quantitative estimate of drug-likeness (QED) is 0.455. The number of benzene rings is 2. The van der Waals surface area contributed by atoms with Crippen molar-refractivity contribution in [3.63, 3.8) is 0 Å². The molecule has 2 rings (SSSR count). The molecule has 0 aromatic heterocycles. The standard InChI is InChI=1S/C15H15IN2O3/c1-21-10-12-5-3-2-4-11(12)9-17-14-7-6-13(16)8-15(14)18(19)20/h2-8,17H,9-10H2,1H3. The Morgan fingerprint density at radius 1 is 1.24 bits per heavy atom. The van der Waals surface area contributed by atoms with Crippen molar-refractivity contribution in [2.24, 2.45) is 0 Å². The maximum Gasteiger partial charge on any atom is 0.293 e. The topological polar surface area (TPSA) is 64.4 Å². The molecular formula is C15H15IN2O3. The van der Waals surface area contributed by atoms with Gasteiger partial charge in [-0.05, 0) is 45.9 Å². The average molecular weight is 398 g/mol. The summed E-state index contributed by atoms with van der Waals surface area (Å²) in [4.78, 5) is 10.7. The molecule has 0 heterocycles. The summed E-state index contributed by atoms with van der Waals surface area (Å²) in [5.74, 6) is 0. The lowest BCUT2D eigenvalue weighted by Crippen LogP contribution is -2.05. The van der Waals surface area contributed by atoms with Crippen LogP contribution in [0.25, 0.3) is 0 Å². The van der Waals surface area contributed by atoms with Crippen molar-refractivity contribution in [2.75, 3.05) is 12.4 Å². The zero-order chi connectivity index (χ0) is 15.2. The van der Waals surface area contributed by atoms with Gasteiger partial charge in [-0.3, -0.25) is 10.1 Å². The van der Waals surface area contributed by atoms with Crippen molar-refractivity contribution in [3.8, 4) is 0 Å². The number of ether oxygens (including phenoxy) is 1. The Balaban J connectivity index is 2.19. The van der Waals surface area contributed by atoms with E-state index in [0.717, 1.165) is 14.7 Å². The molecule has 0 amide bonds. The molecule has 0 fully saturated rings. The van der Waals surface area contributed by atoms with Crippen LogP contribution in [0, 0.1) is 13.7 Å². The van der Waals surface area contributed by atoms with Gasteiger partial charge in [0.1, 0.15) is 5.69 Å². The number of nitrogens with one attached hydrogen (secondary N) is 1. The molecule has 5 nitrogen and oxygen atoms in total. The predicted molar refractivity (Wildman–Crippen MR) is 90.3 cm³/mol. The number of nitrogens with zero attached hydrogens (tertiary/aromatic N) is 1. The molecule has 0 aliphatic heterocycles. The lowest BCUT2D eigenvalue weighted by Gasteiger charge is -2.11. The van der Waals surface area contributed by atoms with Crippen molar-refractivity contribution in [1.82, 2.24) is 0 Å². The van der Waals surface area contributed by atoms with Crippen LogP contribution in [0.1, 0.15) is 11.1 Å². The molecular weight excluding hydrogens is 383 g/mol. The Kier molecular flexibility index (Phi) is 5.51. The smallest absolute Gasteiger partial charge is 0.293 e. The fourth-order valence-corrected chi connectivity index (χ4v) is 2.50. The fourth-order valence-electron chi connectivity index (χ4n) is 2.02. The minimum Gasteiger partial charge on any atom is -0.380 e. The third-order valence-corrected chi connectivity index (χ3v) is 3.71. The number of hydrogen-bond acceptors (Lipinski definition) is 4. The molecule has 2 aromatic rings. The molecule has 0 bridgehead atoms. The van der Waals surface area contributed by atoms with Gasteiger partial charge >= 0.3 is 0 Å². The first-order chi connectivity index (χ1) is 10.1. The van der Waals surface area contributed by atoms with E-state index in [1.165, 1.54) is 0 Å². The average Bonchev–Trinajstić information content (AvgIpc) is 2.47. The van der Waals surface area contributed by atoms with Crippen LogP contribution in [0.4, 0.5) is 11.4 Å². The molecule has 0 unspecified atom stereocenters. The monoisotopic (exact) mass is 398 g/mol. The molecule has 6 heteroatoms. The van der Waals surface area contributed by atoms with Gasteiger partial charge in [0.15, 0.2) is 0 Å². The first-order valence-electron chi connectivity index (χ1n) is 6.35. The zero-order valence-electron chi connectivity index (χ0n) is 11.5. The van der Waals surface area contributed by atoms with Gasteiger partial charge in [0.2, 0.25) is 0 Å². The Labute approximate surface area is 136 Å². The van der Waals surface area contributed by atoms with Crippen LogP contribution in [-0.2, 0) is 17.9 Å². The molecule has 1 N–H and O–H groups in total. The summed E-state index contributed by atoms with van der Waals surface area (Å²) in [5, 5.41) is 14.2. The van der Waals surface area contributed by atoms with E-state index in [4.69, 9.17) is 4.74 Å². The lowest BCUT2D eigenvalue weighted by atomic mass is 10.1. The van der Waals surface area contributed by atoms with E-state index in [2.05, 4.69) is 27.9 Å². The lowest BCUT2D eigenvalue weighted by molar-refractivity contribution is -0.384.